The van der Waals surface area contributed by atoms with Crippen LogP contribution < -0.4 is 20.9 Å². The smallest absolute Gasteiger partial charge is 0.420 e. The Morgan fingerprint density at radius 1 is 1.09 bits per heavy atom. The fraction of sp³-hybridized carbons (Fsp3) is 0.500. The zero-order chi connectivity index (χ0) is 34.5. The summed E-state index contributed by atoms with van der Waals surface area (Å²) in [6.07, 6.45) is -7.67. The van der Waals surface area contributed by atoms with Crippen LogP contribution in [0.15, 0.2) is 23.0 Å². The first-order chi connectivity index (χ1) is 22.0. The molecule has 0 radical (unpaired) electrons. The van der Waals surface area contributed by atoms with E-state index >= 15 is 0 Å². The number of esters is 1. The maximum atomic E-state index is 14.3. The number of hydrogen-bond acceptors (Lipinski definition) is 10. The number of pyridine rings is 2. The fourth-order valence-electron chi connectivity index (χ4n) is 5.78. The van der Waals surface area contributed by atoms with Gasteiger partial charge >= 0.3 is 18.2 Å². The predicted molar refractivity (Wildman–Crippen MR) is 164 cm³/mol. The molecule has 3 aromatic rings. The summed E-state index contributed by atoms with van der Waals surface area (Å²) in [4.78, 5) is 42.6. The van der Waals surface area contributed by atoms with Gasteiger partial charge in [-0.15, -0.1) is 0 Å². The highest BCUT2D eigenvalue weighted by Gasteiger charge is 2.38. The van der Waals surface area contributed by atoms with E-state index in [1.165, 1.54) is 10.6 Å². The largest absolute Gasteiger partial charge is 0.458 e. The molecule has 0 bridgehead atoms. The number of fused-ring (bicyclic) bond motifs is 5. The molecule has 3 N–H and O–H groups in total. The number of aromatic nitrogens is 2. The number of amides is 1. The Morgan fingerprint density at radius 2 is 1.79 bits per heavy atom. The van der Waals surface area contributed by atoms with Gasteiger partial charge in [0.2, 0.25) is 0 Å². The van der Waals surface area contributed by atoms with Crippen molar-refractivity contribution in [3.05, 3.63) is 50.8 Å². The molecule has 5 rings (SSSR count). The number of carbonyl (C=O) groups excluding carboxylic acids is 2. The Bertz CT molecular complexity index is 1800. The number of rotatable bonds is 10. The number of methoxy groups -OCH3 is 1. The highest BCUT2D eigenvalue weighted by Crippen LogP contribution is 2.44. The van der Waals surface area contributed by atoms with Gasteiger partial charge in [-0.25, -0.2) is 14.6 Å². The molecule has 2 aliphatic heterocycles. The molecule has 0 unspecified atom stereocenters. The molecule has 254 valence electrons. The van der Waals surface area contributed by atoms with Gasteiger partial charge in [-0.1, -0.05) is 27.7 Å². The van der Waals surface area contributed by atoms with Crippen molar-refractivity contribution in [2.24, 2.45) is 10.8 Å². The molecule has 0 saturated carbocycles. The van der Waals surface area contributed by atoms with Crippen LogP contribution in [0.5, 0.6) is 5.75 Å². The monoisotopic (exact) mass is 662 g/mol. The Labute approximate surface area is 268 Å². The molecule has 0 aliphatic carbocycles. The number of nitrogens with one attached hydrogen (secondary N) is 2. The van der Waals surface area contributed by atoms with E-state index in [0.717, 1.165) is 12.1 Å². The summed E-state index contributed by atoms with van der Waals surface area (Å²) in [5.41, 5.74) is -1.14. The number of alkyl halides is 3. The summed E-state index contributed by atoms with van der Waals surface area (Å²) in [5.74, 6) is -1.63. The highest BCUT2D eigenvalue weighted by molar-refractivity contribution is 5.98. The van der Waals surface area contributed by atoms with Crippen LogP contribution in [0.25, 0.3) is 22.3 Å². The number of aliphatic hydroxyl groups excluding tert-OH is 1. The maximum absolute atomic E-state index is 14.3. The van der Waals surface area contributed by atoms with Gasteiger partial charge in [-0.2, -0.15) is 13.2 Å². The second kappa shape index (κ2) is 12.4. The van der Waals surface area contributed by atoms with E-state index in [1.54, 1.807) is 14.2 Å². The Hall–Kier alpha value is -4.21. The van der Waals surface area contributed by atoms with Crippen molar-refractivity contribution in [2.75, 3.05) is 45.8 Å². The molecule has 0 saturated heterocycles. The molecule has 0 spiro atoms. The lowest BCUT2D eigenvalue weighted by Gasteiger charge is -2.28. The summed E-state index contributed by atoms with van der Waals surface area (Å²) in [5, 5.41) is 16.1. The quantitative estimate of drug-likeness (QED) is 0.209. The molecule has 15 heteroatoms. The van der Waals surface area contributed by atoms with Crippen molar-refractivity contribution >= 4 is 28.7 Å². The third-order valence-electron chi connectivity index (χ3n) is 8.05. The number of anilines is 1. The standard InChI is InChI=1S/C32H37F3N4O8/c1-30(2,14-45-15-31(3,4)13-44-6)12-37-29(43)47-23-8-17-21(9-20(23)32(33,34)35)38-25-18(24(17)36-5)10-39-22(25)7-16-19(27(39)41)11-46-28(42)26(16)40/h7-9,26,40H,10-15H2,1-6H3,(H,36,38)(H,37,43)/t26-/m0/s1. The molecule has 1 amide bonds. The molecule has 12 nitrogen and oxygen atoms in total. The molecule has 1 aromatic carbocycles. The van der Waals surface area contributed by atoms with Gasteiger partial charge in [-0.05, 0) is 18.2 Å². The van der Waals surface area contributed by atoms with Gasteiger partial charge in [0.05, 0.1) is 54.5 Å². The van der Waals surface area contributed by atoms with E-state index in [-0.39, 0.29) is 65.1 Å². The van der Waals surface area contributed by atoms with Crippen molar-refractivity contribution in [3.8, 4) is 17.1 Å². The number of ether oxygens (including phenoxy) is 4. The van der Waals surface area contributed by atoms with Crippen LogP contribution in [-0.4, -0.2) is 67.2 Å². The van der Waals surface area contributed by atoms with Crippen molar-refractivity contribution < 1.29 is 46.8 Å². The number of aliphatic hydroxyl groups is 1. The molecule has 4 heterocycles. The van der Waals surface area contributed by atoms with Gasteiger partial charge in [-0.3, -0.25) is 4.79 Å². The second-order valence-electron chi connectivity index (χ2n) is 13.3. The van der Waals surface area contributed by atoms with Gasteiger partial charge in [0.1, 0.15) is 17.9 Å². The van der Waals surface area contributed by atoms with Crippen LogP contribution in [0.1, 0.15) is 56.1 Å². The first-order valence-electron chi connectivity index (χ1n) is 14.9. The minimum atomic E-state index is -4.91. The summed E-state index contributed by atoms with van der Waals surface area (Å²) in [6.45, 7) is 8.57. The summed E-state index contributed by atoms with van der Waals surface area (Å²) in [6, 6.07) is 3.31. The number of benzene rings is 1. The molecule has 0 fully saturated rings. The van der Waals surface area contributed by atoms with Crippen LogP contribution in [0.2, 0.25) is 0 Å². The number of halogens is 3. The van der Waals surface area contributed by atoms with Crippen molar-refractivity contribution in [3.63, 3.8) is 0 Å². The van der Waals surface area contributed by atoms with E-state index in [1.807, 2.05) is 27.7 Å². The molecule has 1 atom stereocenters. The highest BCUT2D eigenvalue weighted by atomic mass is 19.4. The average Bonchev–Trinajstić information content (AvgIpc) is 3.34. The Morgan fingerprint density at radius 3 is 2.45 bits per heavy atom. The third-order valence-corrected chi connectivity index (χ3v) is 8.05. The Kier molecular flexibility index (Phi) is 9.03. The van der Waals surface area contributed by atoms with Crippen molar-refractivity contribution in [1.82, 2.24) is 14.9 Å². The van der Waals surface area contributed by atoms with E-state index < -0.39 is 46.6 Å². The van der Waals surface area contributed by atoms with Gasteiger partial charge in [0, 0.05) is 48.0 Å². The van der Waals surface area contributed by atoms with Gasteiger partial charge < -0.3 is 39.3 Å². The zero-order valence-electron chi connectivity index (χ0n) is 26.9. The lowest BCUT2D eigenvalue weighted by molar-refractivity contribution is -0.157. The predicted octanol–water partition coefficient (Wildman–Crippen LogP) is 4.38. The van der Waals surface area contributed by atoms with E-state index in [4.69, 9.17) is 18.9 Å². The third kappa shape index (κ3) is 6.78. The SMILES string of the molecule is CNc1c2c(nc3cc(C(F)(F)F)c(OC(=O)NCC(C)(C)COCC(C)(C)COC)cc13)-c1cc3c(c(=O)n1C2)COC(=O)[C@H]3O. The second-order valence-corrected chi connectivity index (χ2v) is 13.3. The summed E-state index contributed by atoms with van der Waals surface area (Å²) in [7, 11) is 3.16. The Balaban J connectivity index is 1.44. The zero-order valence-corrected chi connectivity index (χ0v) is 26.9. The lowest BCUT2D eigenvalue weighted by atomic mass is 9.93. The molecular weight excluding hydrogens is 625 g/mol. The minimum Gasteiger partial charge on any atom is -0.458 e. The lowest BCUT2D eigenvalue weighted by Crippen LogP contribution is -2.39. The molecule has 47 heavy (non-hydrogen) atoms. The number of hydrogen-bond donors (Lipinski definition) is 3. The first kappa shape index (κ1) is 34.1. The summed E-state index contributed by atoms with van der Waals surface area (Å²) >= 11 is 0. The van der Waals surface area contributed by atoms with Crippen LogP contribution in [0.4, 0.5) is 23.7 Å². The van der Waals surface area contributed by atoms with Gasteiger partial charge in [0.25, 0.3) is 5.56 Å². The molecule has 2 aromatic heterocycles. The minimum absolute atomic E-state index is 0.0113. The van der Waals surface area contributed by atoms with Crippen LogP contribution in [0, 0.1) is 10.8 Å². The number of carbonyl (C=O) groups is 2. The first-order valence-corrected chi connectivity index (χ1v) is 14.9. The van der Waals surface area contributed by atoms with E-state index in [0.29, 0.717) is 24.5 Å². The van der Waals surface area contributed by atoms with Crippen molar-refractivity contribution in [2.45, 2.75) is 53.1 Å². The van der Waals surface area contributed by atoms with Gasteiger partial charge in [0.15, 0.2) is 6.10 Å². The van der Waals surface area contributed by atoms with Crippen LogP contribution in [0.3, 0.4) is 0 Å². The topological polar surface area (TPSA) is 150 Å². The number of nitrogens with zero attached hydrogens (tertiary/aromatic N) is 2. The molecular formula is C32H37F3N4O8. The van der Waals surface area contributed by atoms with Crippen LogP contribution in [-0.2, 0) is 38.3 Å². The normalized spacial score (nSPS) is 16.0. The van der Waals surface area contributed by atoms with E-state index in [9.17, 15) is 32.7 Å². The molecule has 2 aliphatic rings. The fourth-order valence-corrected chi connectivity index (χ4v) is 5.78. The maximum Gasteiger partial charge on any atom is 0.420 e. The number of cyclic esters (lactones) is 1. The average molecular weight is 663 g/mol. The van der Waals surface area contributed by atoms with Crippen LogP contribution >= 0.6 is 0 Å². The summed E-state index contributed by atoms with van der Waals surface area (Å²) < 4.78 is 65.5. The van der Waals surface area contributed by atoms with Crippen molar-refractivity contribution in [1.29, 1.82) is 0 Å². The van der Waals surface area contributed by atoms with E-state index in [2.05, 4.69) is 15.6 Å².